The minimum atomic E-state index is -1.42. The second-order valence-electron chi connectivity index (χ2n) is 3.87. The van der Waals surface area contributed by atoms with E-state index in [4.69, 9.17) is 5.73 Å². The molecule has 2 nitrogen and oxygen atoms in total. The Kier molecular flexibility index (Phi) is 3.42. The van der Waals surface area contributed by atoms with E-state index >= 15 is 0 Å². The molecule has 0 bridgehead atoms. The van der Waals surface area contributed by atoms with Gasteiger partial charge in [-0.3, -0.25) is 0 Å². The van der Waals surface area contributed by atoms with Crippen LogP contribution in [0.1, 0.15) is 24.5 Å². The molecule has 1 rings (SSSR count). The van der Waals surface area contributed by atoms with E-state index in [2.05, 4.69) is 0 Å². The summed E-state index contributed by atoms with van der Waals surface area (Å²) in [5.41, 5.74) is 4.05. The summed E-state index contributed by atoms with van der Waals surface area (Å²) in [4.78, 5) is 0. The number of benzene rings is 1. The zero-order valence-electron chi connectivity index (χ0n) is 8.85. The molecule has 0 saturated heterocycles. The van der Waals surface area contributed by atoms with Gasteiger partial charge < -0.3 is 10.8 Å². The zero-order valence-corrected chi connectivity index (χ0v) is 8.85. The summed E-state index contributed by atoms with van der Waals surface area (Å²) in [6.07, 6.45) is 0.187. The van der Waals surface area contributed by atoms with Crippen LogP contribution in [0.3, 0.4) is 0 Å². The molecule has 0 radical (unpaired) electrons. The van der Waals surface area contributed by atoms with Crippen molar-refractivity contribution in [1.29, 1.82) is 0 Å². The third-order valence-electron chi connectivity index (χ3n) is 2.49. The summed E-state index contributed by atoms with van der Waals surface area (Å²) in [5, 5.41) is 9.90. The molecular weight excluding hydrogens is 200 g/mol. The molecule has 0 heterocycles. The number of rotatable bonds is 3. The van der Waals surface area contributed by atoms with Crippen LogP contribution in [0.4, 0.5) is 8.78 Å². The van der Waals surface area contributed by atoms with E-state index in [1.165, 1.54) is 26.0 Å². The average molecular weight is 215 g/mol. The number of aliphatic hydroxyl groups is 1. The molecule has 4 heteroatoms. The fourth-order valence-corrected chi connectivity index (χ4v) is 1.48. The van der Waals surface area contributed by atoms with Gasteiger partial charge in [-0.15, -0.1) is 0 Å². The Labute approximate surface area is 87.7 Å². The summed E-state index contributed by atoms with van der Waals surface area (Å²) in [6, 6.07) is 2.84. The van der Waals surface area contributed by atoms with Gasteiger partial charge in [0.15, 0.2) is 11.6 Å². The molecule has 0 aliphatic carbocycles. The van der Waals surface area contributed by atoms with Gasteiger partial charge in [0.1, 0.15) is 0 Å². The second kappa shape index (κ2) is 4.24. The van der Waals surface area contributed by atoms with Crippen molar-refractivity contribution in [2.75, 3.05) is 6.54 Å². The Morgan fingerprint density at radius 2 is 1.93 bits per heavy atom. The molecule has 3 N–H and O–H groups in total. The summed E-state index contributed by atoms with van der Waals surface area (Å²) in [6.45, 7) is 3.11. The average Bonchev–Trinajstić information content (AvgIpc) is 2.13. The van der Waals surface area contributed by atoms with Crippen molar-refractivity contribution in [2.45, 2.75) is 25.9 Å². The van der Waals surface area contributed by atoms with Crippen LogP contribution in [0.2, 0.25) is 0 Å². The van der Waals surface area contributed by atoms with Crippen LogP contribution in [0.25, 0.3) is 0 Å². The lowest BCUT2D eigenvalue weighted by molar-refractivity contribution is 0.0459. The Hall–Kier alpha value is -1.00. The maximum atomic E-state index is 13.5. The van der Waals surface area contributed by atoms with Crippen molar-refractivity contribution in [2.24, 2.45) is 5.73 Å². The van der Waals surface area contributed by atoms with Gasteiger partial charge in [-0.1, -0.05) is 12.1 Å². The van der Waals surface area contributed by atoms with Gasteiger partial charge in [0.2, 0.25) is 0 Å². The third-order valence-corrected chi connectivity index (χ3v) is 2.49. The van der Waals surface area contributed by atoms with Crippen molar-refractivity contribution in [3.8, 4) is 0 Å². The van der Waals surface area contributed by atoms with Crippen LogP contribution in [-0.4, -0.2) is 11.7 Å². The Morgan fingerprint density at radius 3 is 2.47 bits per heavy atom. The minimum Gasteiger partial charge on any atom is -0.385 e. The standard InChI is InChI=1S/C11H15F2NO/c1-7-3-4-8(10(13)9(7)12)11(2,15)5-6-14/h3-4,15H,5-6,14H2,1-2H3. The molecular formula is C11H15F2NO. The van der Waals surface area contributed by atoms with Gasteiger partial charge in [0, 0.05) is 5.56 Å². The van der Waals surface area contributed by atoms with Crippen LogP contribution in [-0.2, 0) is 5.60 Å². The van der Waals surface area contributed by atoms with Gasteiger partial charge >= 0.3 is 0 Å². The number of nitrogens with two attached hydrogens (primary N) is 1. The van der Waals surface area contributed by atoms with E-state index in [9.17, 15) is 13.9 Å². The predicted molar refractivity (Wildman–Crippen MR) is 54.3 cm³/mol. The summed E-state index contributed by atoms with van der Waals surface area (Å²) >= 11 is 0. The molecule has 1 unspecified atom stereocenters. The molecule has 15 heavy (non-hydrogen) atoms. The van der Waals surface area contributed by atoms with Crippen LogP contribution < -0.4 is 5.73 Å². The van der Waals surface area contributed by atoms with E-state index in [1.807, 2.05) is 0 Å². The van der Waals surface area contributed by atoms with Gasteiger partial charge in [0.05, 0.1) is 5.60 Å². The SMILES string of the molecule is Cc1ccc(C(C)(O)CCN)c(F)c1F. The van der Waals surface area contributed by atoms with Crippen molar-refractivity contribution in [1.82, 2.24) is 0 Å². The first kappa shape index (κ1) is 12.1. The Balaban J connectivity index is 3.21. The first-order valence-corrected chi connectivity index (χ1v) is 4.77. The molecule has 1 aromatic carbocycles. The molecule has 0 aliphatic rings. The molecule has 0 aromatic heterocycles. The monoisotopic (exact) mass is 215 g/mol. The zero-order chi connectivity index (χ0) is 11.6. The summed E-state index contributed by atoms with van der Waals surface area (Å²) < 4.78 is 26.8. The smallest absolute Gasteiger partial charge is 0.165 e. The normalized spacial score (nSPS) is 15.1. The van der Waals surface area contributed by atoms with Gasteiger partial charge in [-0.25, -0.2) is 8.78 Å². The molecule has 0 saturated carbocycles. The molecule has 0 fully saturated rings. The lowest BCUT2D eigenvalue weighted by Gasteiger charge is -2.24. The number of aryl methyl sites for hydroxylation is 1. The van der Waals surface area contributed by atoms with E-state index < -0.39 is 17.2 Å². The first-order valence-electron chi connectivity index (χ1n) is 4.77. The van der Waals surface area contributed by atoms with Crippen LogP contribution in [0.15, 0.2) is 12.1 Å². The lowest BCUT2D eigenvalue weighted by Crippen LogP contribution is -2.26. The van der Waals surface area contributed by atoms with E-state index in [0.29, 0.717) is 0 Å². The van der Waals surface area contributed by atoms with Gasteiger partial charge in [0.25, 0.3) is 0 Å². The fraction of sp³-hybridized carbons (Fsp3) is 0.455. The molecule has 1 atom stereocenters. The lowest BCUT2D eigenvalue weighted by atomic mass is 9.91. The van der Waals surface area contributed by atoms with Gasteiger partial charge in [-0.05, 0) is 32.4 Å². The van der Waals surface area contributed by atoms with E-state index in [0.717, 1.165) is 0 Å². The number of halogens is 2. The van der Waals surface area contributed by atoms with Crippen LogP contribution in [0.5, 0.6) is 0 Å². The molecule has 0 spiro atoms. The Bertz CT molecular complexity index is 364. The van der Waals surface area contributed by atoms with Crippen molar-refractivity contribution in [3.63, 3.8) is 0 Å². The second-order valence-corrected chi connectivity index (χ2v) is 3.87. The van der Waals surface area contributed by atoms with Crippen LogP contribution in [0, 0.1) is 18.6 Å². The minimum absolute atomic E-state index is 0.0453. The van der Waals surface area contributed by atoms with Crippen LogP contribution >= 0.6 is 0 Å². The third kappa shape index (κ3) is 2.33. The highest BCUT2D eigenvalue weighted by atomic mass is 19.2. The summed E-state index contributed by atoms with van der Waals surface area (Å²) in [5.74, 6) is -1.90. The van der Waals surface area contributed by atoms with E-state index in [-0.39, 0.29) is 24.1 Å². The predicted octanol–water partition coefficient (Wildman–Crippen LogP) is 1.83. The highest BCUT2D eigenvalue weighted by molar-refractivity contribution is 5.29. The van der Waals surface area contributed by atoms with Gasteiger partial charge in [-0.2, -0.15) is 0 Å². The van der Waals surface area contributed by atoms with Crippen molar-refractivity contribution < 1.29 is 13.9 Å². The molecule has 0 aliphatic heterocycles. The maximum Gasteiger partial charge on any atom is 0.165 e. The van der Waals surface area contributed by atoms with Crippen molar-refractivity contribution in [3.05, 3.63) is 34.9 Å². The fourth-order valence-electron chi connectivity index (χ4n) is 1.48. The molecule has 1 aromatic rings. The highest BCUT2D eigenvalue weighted by Crippen LogP contribution is 2.28. The maximum absolute atomic E-state index is 13.5. The molecule has 84 valence electrons. The largest absolute Gasteiger partial charge is 0.385 e. The topological polar surface area (TPSA) is 46.2 Å². The number of hydrogen-bond acceptors (Lipinski definition) is 2. The highest BCUT2D eigenvalue weighted by Gasteiger charge is 2.27. The Morgan fingerprint density at radius 1 is 1.33 bits per heavy atom. The van der Waals surface area contributed by atoms with Crippen molar-refractivity contribution >= 4 is 0 Å². The first-order chi connectivity index (χ1) is 6.90. The quantitative estimate of drug-likeness (QED) is 0.808. The molecule has 0 amide bonds. The number of hydrogen-bond donors (Lipinski definition) is 2. The summed E-state index contributed by atoms with van der Waals surface area (Å²) in [7, 11) is 0. The van der Waals surface area contributed by atoms with E-state index in [1.54, 1.807) is 0 Å².